The molecule has 1 aromatic carbocycles. The van der Waals surface area contributed by atoms with Crippen molar-refractivity contribution >= 4 is 15.8 Å². The molecule has 0 saturated carbocycles. The minimum Gasteiger partial charge on any atom is -0.334 e. The third-order valence-corrected chi connectivity index (χ3v) is 4.36. The Labute approximate surface area is 123 Å². The molecule has 2 rings (SSSR count). The van der Waals surface area contributed by atoms with Crippen LogP contribution in [0.1, 0.15) is 23.1 Å². The zero-order chi connectivity index (χ0) is 15.5. The number of benzene rings is 1. The standard InChI is InChI=1S/C14H17N3O3S/c1-3-17-10-14(16-11(17)2)21(19,20)15-9-13(18)12-7-5-4-6-8-12/h4-8,10,15H,3,9H2,1-2H3. The van der Waals surface area contributed by atoms with Gasteiger partial charge >= 0.3 is 0 Å². The molecule has 0 aliphatic heterocycles. The molecular weight excluding hydrogens is 290 g/mol. The Bertz CT molecular complexity index is 736. The number of nitrogens with one attached hydrogen (secondary N) is 1. The maximum Gasteiger partial charge on any atom is 0.260 e. The highest BCUT2D eigenvalue weighted by Crippen LogP contribution is 2.09. The van der Waals surface area contributed by atoms with E-state index in [1.807, 2.05) is 6.92 Å². The topological polar surface area (TPSA) is 81.1 Å². The van der Waals surface area contributed by atoms with E-state index in [0.29, 0.717) is 17.9 Å². The molecule has 0 radical (unpaired) electrons. The second-order valence-corrected chi connectivity index (χ2v) is 6.24. The molecule has 0 aliphatic rings. The number of rotatable bonds is 6. The van der Waals surface area contributed by atoms with Gasteiger partial charge in [0.05, 0.1) is 6.54 Å². The van der Waals surface area contributed by atoms with Crippen molar-refractivity contribution in [3.63, 3.8) is 0 Å². The van der Waals surface area contributed by atoms with Gasteiger partial charge < -0.3 is 4.57 Å². The second-order valence-electron chi connectivity index (χ2n) is 4.53. The monoisotopic (exact) mass is 307 g/mol. The van der Waals surface area contributed by atoms with E-state index in [1.165, 1.54) is 6.20 Å². The number of hydrogen-bond donors (Lipinski definition) is 1. The van der Waals surface area contributed by atoms with Crippen molar-refractivity contribution in [2.75, 3.05) is 6.54 Å². The molecule has 21 heavy (non-hydrogen) atoms. The summed E-state index contributed by atoms with van der Waals surface area (Å²) in [7, 11) is -3.78. The fraction of sp³-hybridized carbons (Fsp3) is 0.286. The van der Waals surface area contributed by atoms with Gasteiger partial charge in [-0.15, -0.1) is 0 Å². The highest BCUT2D eigenvalue weighted by molar-refractivity contribution is 7.89. The summed E-state index contributed by atoms with van der Waals surface area (Å²) in [5.41, 5.74) is 0.468. The van der Waals surface area contributed by atoms with Gasteiger partial charge in [-0.25, -0.2) is 18.1 Å². The minimum atomic E-state index is -3.78. The van der Waals surface area contributed by atoms with Crippen molar-refractivity contribution in [2.45, 2.75) is 25.4 Å². The van der Waals surface area contributed by atoms with E-state index >= 15 is 0 Å². The SMILES string of the molecule is CCn1cc(S(=O)(=O)NCC(=O)c2ccccc2)nc1C. The summed E-state index contributed by atoms with van der Waals surface area (Å²) >= 11 is 0. The Morgan fingerprint density at radius 3 is 2.52 bits per heavy atom. The molecule has 0 amide bonds. The number of carbonyl (C=O) groups excluding carboxylic acids is 1. The van der Waals surface area contributed by atoms with Gasteiger partial charge in [0.2, 0.25) is 0 Å². The molecule has 0 saturated heterocycles. The summed E-state index contributed by atoms with van der Waals surface area (Å²) in [5.74, 6) is 0.332. The Hall–Kier alpha value is -1.99. The van der Waals surface area contributed by atoms with E-state index in [-0.39, 0.29) is 17.4 Å². The van der Waals surface area contributed by atoms with Crippen molar-refractivity contribution in [3.8, 4) is 0 Å². The quantitative estimate of drug-likeness (QED) is 0.817. The zero-order valence-electron chi connectivity index (χ0n) is 11.9. The average Bonchev–Trinajstić information content (AvgIpc) is 2.88. The summed E-state index contributed by atoms with van der Waals surface area (Å²) in [6.07, 6.45) is 1.46. The first kappa shape index (κ1) is 15.4. The van der Waals surface area contributed by atoms with Gasteiger partial charge in [-0.2, -0.15) is 0 Å². The van der Waals surface area contributed by atoms with Crippen molar-refractivity contribution in [2.24, 2.45) is 0 Å². The molecule has 6 nitrogen and oxygen atoms in total. The van der Waals surface area contributed by atoms with Crippen LogP contribution < -0.4 is 4.72 Å². The highest BCUT2D eigenvalue weighted by atomic mass is 32.2. The largest absolute Gasteiger partial charge is 0.334 e. The lowest BCUT2D eigenvalue weighted by molar-refractivity contribution is 0.0997. The van der Waals surface area contributed by atoms with Gasteiger partial charge in [0.25, 0.3) is 10.0 Å². The zero-order valence-corrected chi connectivity index (χ0v) is 12.7. The fourth-order valence-electron chi connectivity index (χ4n) is 1.89. The Morgan fingerprint density at radius 2 is 1.95 bits per heavy atom. The molecule has 0 bridgehead atoms. The molecule has 1 aromatic heterocycles. The van der Waals surface area contributed by atoms with Crippen molar-refractivity contribution in [1.29, 1.82) is 0 Å². The summed E-state index contributed by atoms with van der Waals surface area (Å²) in [6.45, 7) is 3.98. The number of sulfonamides is 1. The minimum absolute atomic E-state index is 0.0669. The van der Waals surface area contributed by atoms with Crippen LogP contribution in [0.4, 0.5) is 0 Å². The summed E-state index contributed by atoms with van der Waals surface area (Å²) in [6, 6.07) is 8.54. The van der Waals surface area contributed by atoms with Crippen LogP contribution in [0.5, 0.6) is 0 Å². The van der Waals surface area contributed by atoms with Crippen LogP contribution in [-0.4, -0.2) is 30.3 Å². The highest BCUT2D eigenvalue weighted by Gasteiger charge is 2.20. The van der Waals surface area contributed by atoms with Crippen LogP contribution in [-0.2, 0) is 16.6 Å². The third-order valence-electron chi connectivity index (χ3n) is 3.09. The van der Waals surface area contributed by atoms with Gasteiger partial charge in [0.15, 0.2) is 10.8 Å². The van der Waals surface area contributed by atoms with Crippen LogP contribution in [0.25, 0.3) is 0 Å². The maximum atomic E-state index is 12.1. The molecule has 112 valence electrons. The first-order valence-electron chi connectivity index (χ1n) is 6.55. The van der Waals surface area contributed by atoms with E-state index in [0.717, 1.165) is 0 Å². The van der Waals surface area contributed by atoms with E-state index in [9.17, 15) is 13.2 Å². The number of aryl methyl sites for hydroxylation is 2. The molecule has 1 heterocycles. The van der Waals surface area contributed by atoms with Crippen LogP contribution in [0.3, 0.4) is 0 Å². The van der Waals surface area contributed by atoms with E-state index in [4.69, 9.17) is 0 Å². The summed E-state index contributed by atoms with van der Waals surface area (Å²) < 4.78 is 28.2. The predicted molar refractivity (Wildman–Crippen MR) is 78.6 cm³/mol. The van der Waals surface area contributed by atoms with Gasteiger partial charge in [0, 0.05) is 18.3 Å². The van der Waals surface area contributed by atoms with Crippen molar-refractivity contribution < 1.29 is 13.2 Å². The van der Waals surface area contributed by atoms with Crippen molar-refractivity contribution in [3.05, 3.63) is 47.9 Å². The smallest absolute Gasteiger partial charge is 0.260 e. The molecule has 0 atom stereocenters. The normalized spacial score (nSPS) is 11.5. The molecule has 7 heteroatoms. The van der Waals surface area contributed by atoms with E-state index in [1.54, 1.807) is 41.8 Å². The number of imidazole rings is 1. The lowest BCUT2D eigenvalue weighted by Gasteiger charge is -2.03. The Balaban J connectivity index is 2.09. The number of hydrogen-bond acceptors (Lipinski definition) is 4. The van der Waals surface area contributed by atoms with Crippen LogP contribution in [0.15, 0.2) is 41.6 Å². The molecule has 0 fully saturated rings. The summed E-state index contributed by atoms with van der Waals surface area (Å²) in [5, 5.41) is -0.0669. The lowest BCUT2D eigenvalue weighted by Crippen LogP contribution is -2.30. The number of Topliss-reactive ketones (excluding diaryl/α,β-unsaturated/α-hetero) is 1. The van der Waals surface area contributed by atoms with E-state index in [2.05, 4.69) is 9.71 Å². The van der Waals surface area contributed by atoms with Gasteiger partial charge in [-0.3, -0.25) is 4.79 Å². The fourth-order valence-corrected chi connectivity index (χ4v) is 2.88. The molecule has 2 aromatic rings. The molecule has 0 aliphatic carbocycles. The van der Waals surface area contributed by atoms with Crippen molar-refractivity contribution in [1.82, 2.24) is 14.3 Å². The lowest BCUT2D eigenvalue weighted by atomic mass is 10.1. The number of aromatic nitrogens is 2. The van der Waals surface area contributed by atoms with Crippen LogP contribution in [0, 0.1) is 6.92 Å². The Kier molecular flexibility index (Phi) is 4.54. The second kappa shape index (κ2) is 6.19. The third kappa shape index (κ3) is 3.56. The molecule has 0 unspecified atom stereocenters. The predicted octanol–water partition coefficient (Wildman–Crippen LogP) is 1.37. The van der Waals surface area contributed by atoms with Crippen LogP contribution in [0.2, 0.25) is 0 Å². The average molecular weight is 307 g/mol. The Morgan fingerprint density at radius 1 is 1.29 bits per heavy atom. The molecule has 0 spiro atoms. The van der Waals surface area contributed by atoms with Gasteiger partial charge in [-0.1, -0.05) is 30.3 Å². The number of nitrogens with zero attached hydrogens (tertiary/aromatic N) is 2. The maximum absolute atomic E-state index is 12.1. The summed E-state index contributed by atoms with van der Waals surface area (Å²) in [4.78, 5) is 15.9. The van der Waals surface area contributed by atoms with Gasteiger partial charge in [-0.05, 0) is 13.8 Å². The first-order chi connectivity index (χ1) is 9.94. The van der Waals surface area contributed by atoms with E-state index < -0.39 is 10.0 Å². The van der Waals surface area contributed by atoms with Crippen LogP contribution >= 0.6 is 0 Å². The molecule has 1 N–H and O–H groups in total. The molecular formula is C14H17N3O3S. The van der Waals surface area contributed by atoms with Gasteiger partial charge in [0.1, 0.15) is 5.82 Å². The first-order valence-corrected chi connectivity index (χ1v) is 8.04. The number of carbonyl (C=O) groups is 1. The number of ketones is 1.